The van der Waals surface area contributed by atoms with Crippen molar-refractivity contribution in [3.05, 3.63) is 381 Å². The zero-order valence-corrected chi connectivity index (χ0v) is 59.7. The van der Waals surface area contributed by atoms with Crippen LogP contribution in [0.1, 0.15) is 0 Å². The molecule has 0 aliphatic rings. The van der Waals surface area contributed by atoms with E-state index in [0.29, 0.717) is 52.1 Å². The van der Waals surface area contributed by atoms with Crippen molar-refractivity contribution < 1.29 is 10.0 Å². The van der Waals surface area contributed by atoms with Gasteiger partial charge < -0.3 is 10.0 Å². The summed E-state index contributed by atoms with van der Waals surface area (Å²) in [5.41, 5.74) is 17.5. The van der Waals surface area contributed by atoms with Gasteiger partial charge in [0.15, 0.2) is 46.6 Å². The molecule has 0 saturated heterocycles. The first-order chi connectivity index (χ1) is 53.3. The van der Waals surface area contributed by atoms with Crippen molar-refractivity contribution >= 4 is 50.1 Å². The Kier molecular flexibility index (Phi) is 20.4. The van der Waals surface area contributed by atoms with Crippen LogP contribution in [0.5, 0.6) is 0 Å². The van der Waals surface area contributed by atoms with Gasteiger partial charge in [-0.1, -0.05) is 374 Å². The van der Waals surface area contributed by atoms with Crippen molar-refractivity contribution in [3.63, 3.8) is 0 Å². The van der Waals surface area contributed by atoms with Gasteiger partial charge in [-0.25, -0.2) is 49.8 Å². The van der Waals surface area contributed by atoms with E-state index in [1.807, 2.05) is 267 Å². The molecule has 0 atom stereocenters. The number of halogens is 1. The van der Waals surface area contributed by atoms with Crippen LogP contribution in [0, 0.1) is 0 Å². The first-order valence-electron chi connectivity index (χ1n) is 35.3. The van der Waals surface area contributed by atoms with E-state index in [4.69, 9.17) is 49.8 Å². The van der Waals surface area contributed by atoms with Gasteiger partial charge in [-0.05, 0) is 56.3 Å². The lowest BCUT2D eigenvalue weighted by Gasteiger charge is -2.15. The smallest absolute Gasteiger partial charge is 0.423 e. The highest BCUT2D eigenvalue weighted by atomic mass is 79.9. The zero-order valence-electron chi connectivity index (χ0n) is 58.1. The summed E-state index contributed by atoms with van der Waals surface area (Å²) in [6, 6.07) is 125. The maximum Gasteiger partial charge on any atom is 0.488 e. The van der Waals surface area contributed by atoms with Gasteiger partial charge in [0.2, 0.25) is 0 Å². The molecule has 0 radical (unpaired) electrons. The van der Waals surface area contributed by atoms with Gasteiger partial charge in [-0.15, -0.1) is 0 Å². The average molecular weight is 1460 g/mol. The maximum atomic E-state index is 9.30. The fourth-order valence-electron chi connectivity index (χ4n) is 12.8. The number of hydrogen-bond acceptors (Lipinski definition) is 12. The Morgan fingerprint density at radius 3 is 0.796 bits per heavy atom. The molecule has 2 N–H and O–H groups in total. The average Bonchev–Trinajstić information content (AvgIpc) is 0.768. The second-order valence-electron chi connectivity index (χ2n) is 25.4. The summed E-state index contributed by atoms with van der Waals surface area (Å²) in [5.74, 6) is 5.20. The molecule has 108 heavy (non-hydrogen) atoms. The van der Waals surface area contributed by atoms with E-state index >= 15 is 0 Å². The Hall–Kier alpha value is -13.8. The van der Waals surface area contributed by atoms with Gasteiger partial charge >= 0.3 is 7.12 Å². The van der Waals surface area contributed by atoms with Crippen LogP contribution >= 0.6 is 15.9 Å². The Morgan fingerprint density at radius 2 is 0.454 bits per heavy atom. The van der Waals surface area contributed by atoms with Crippen LogP contribution in [0.2, 0.25) is 0 Å². The summed E-state index contributed by atoms with van der Waals surface area (Å²) >= 11 is 3.72. The molecule has 0 spiro atoms. The van der Waals surface area contributed by atoms with Crippen molar-refractivity contribution in [2.45, 2.75) is 0 Å². The van der Waals surface area contributed by atoms with E-state index < -0.39 is 7.12 Å². The van der Waals surface area contributed by atoms with E-state index in [9.17, 15) is 10.0 Å². The lowest BCUT2D eigenvalue weighted by Crippen LogP contribution is -2.29. The lowest BCUT2D eigenvalue weighted by molar-refractivity contribution is 0.426. The molecule has 0 aliphatic heterocycles. The van der Waals surface area contributed by atoms with Gasteiger partial charge in [0.1, 0.15) is 0 Å². The van der Waals surface area contributed by atoms with Crippen molar-refractivity contribution in [1.82, 2.24) is 49.8 Å². The van der Waals surface area contributed by atoms with Crippen molar-refractivity contribution in [2.75, 3.05) is 0 Å². The first kappa shape index (κ1) is 68.7. The third kappa shape index (κ3) is 15.5. The molecule has 14 heteroatoms. The molecule has 0 aliphatic carbocycles. The second kappa shape index (κ2) is 32.1. The Morgan fingerprint density at radius 1 is 0.204 bits per heavy atom. The molecule has 0 amide bonds. The van der Waals surface area contributed by atoms with Crippen LogP contribution in [-0.2, 0) is 0 Å². The third-order valence-electron chi connectivity index (χ3n) is 18.3. The summed E-state index contributed by atoms with van der Waals surface area (Å²) in [5, 5.41) is 23.0. The second-order valence-corrected chi connectivity index (χ2v) is 26.2. The van der Waals surface area contributed by atoms with Crippen molar-refractivity contribution in [1.29, 1.82) is 0 Å². The minimum Gasteiger partial charge on any atom is -0.423 e. The minimum atomic E-state index is -1.48. The lowest BCUT2D eigenvalue weighted by atomic mass is 9.80. The van der Waals surface area contributed by atoms with Gasteiger partial charge in [0.05, 0.1) is 22.8 Å². The molecule has 0 unspecified atom stereocenters. The molecule has 0 saturated carbocycles. The number of rotatable bonds is 14. The largest absolute Gasteiger partial charge is 0.488 e. The fourth-order valence-corrected chi connectivity index (χ4v) is 13.4. The number of aromatic nitrogens is 10. The molecule has 0 bridgehead atoms. The van der Waals surface area contributed by atoms with E-state index in [-0.39, 0.29) is 0 Å². The predicted molar refractivity (Wildman–Crippen MR) is 440 cm³/mol. The van der Waals surface area contributed by atoms with E-state index in [2.05, 4.69) is 113 Å². The number of fused-ring (bicyclic) bond motifs is 2. The molecular weight excluding hydrogens is 1390 g/mol. The Bertz CT molecular complexity index is 5900. The third-order valence-corrected chi connectivity index (χ3v) is 19.0. The monoisotopic (exact) mass is 1450 g/mol. The highest BCUT2D eigenvalue weighted by Gasteiger charge is 2.22. The van der Waals surface area contributed by atoms with Crippen LogP contribution in [0.3, 0.4) is 0 Å². The van der Waals surface area contributed by atoms with E-state index in [1.54, 1.807) is 12.1 Å². The number of benzene rings is 14. The van der Waals surface area contributed by atoms with Gasteiger partial charge in [0, 0.05) is 71.2 Å². The van der Waals surface area contributed by atoms with Crippen LogP contribution in [0.4, 0.5) is 0 Å². The SMILES string of the molecule is Brc1ccc2ccccc2c1-c1nc(-c2ccccc2)nc(-c2ccccc2)n1.OB(O)c1ccc(-c2cc(-c3ccccc3)nc(-c3ccccc3)n2)cc1.c1ccc(-c2cc(-c3ccc(-c4ccc5ccccc5c4-c4nc(-c5ccccc5)nc(-c5ccccc5)n4)cc3)nc(-c3ccccc3)n2)cc1. The summed E-state index contributed by atoms with van der Waals surface area (Å²) in [7, 11) is -1.48. The zero-order chi connectivity index (χ0) is 73.0. The molecule has 0 fully saturated rings. The molecule has 18 aromatic rings. The summed E-state index contributed by atoms with van der Waals surface area (Å²) in [4.78, 5) is 49.2. The van der Waals surface area contributed by atoms with Crippen LogP contribution < -0.4 is 5.46 Å². The van der Waals surface area contributed by atoms with Gasteiger partial charge in [-0.3, -0.25) is 0 Å². The van der Waals surface area contributed by atoms with Crippen LogP contribution in [-0.4, -0.2) is 67.0 Å². The summed E-state index contributed by atoms with van der Waals surface area (Å²) < 4.78 is 0.959. The molecule has 14 aromatic carbocycles. The Balaban J connectivity index is 0.000000135. The highest BCUT2D eigenvalue weighted by Crippen LogP contribution is 2.41. The Labute approximate surface area is 633 Å². The van der Waals surface area contributed by atoms with Crippen molar-refractivity contribution in [3.8, 4) is 147 Å². The fraction of sp³-hybridized carbons (Fsp3) is 0. The number of nitrogens with zero attached hydrogens (tertiary/aromatic N) is 10. The number of hydrogen-bond donors (Lipinski definition) is 2. The van der Waals surface area contributed by atoms with Crippen LogP contribution in [0.15, 0.2) is 381 Å². The molecule has 512 valence electrons. The first-order valence-corrected chi connectivity index (χ1v) is 36.1. The highest BCUT2D eigenvalue weighted by molar-refractivity contribution is 9.10. The van der Waals surface area contributed by atoms with Gasteiger partial charge in [-0.2, -0.15) is 0 Å². The molecule has 12 nitrogen and oxygen atoms in total. The minimum absolute atomic E-state index is 0.444. The molecule has 18 rings (SSSR count). The standard InChI is InChI=1S/C47H31N5.C25H16BrN3.C22H17BN2O2/c1-5-16-34(17-6-1)41-31-42(49-44(48-41)36-18-7-2-8-19-36)35-27-25-33(26-28-35)40-30-29-32-15-13-14-24-39(32)43(40)47-51-45(37-20-9-3-10-21-37)50-46(52-47)38-22-11-4-12-23-38;26-21-16-15-17-9-7-8-14-20(17)22(21)25-28-23(18-10-3-1-4-11-18)27-24(29-25)19-12-5-2-6-13-19;26-23(27)19-13-11-17(12-14-19)21-15-20(16-7-3-1-4-8-16)24-22(25-21)18-9-5-2-6-10-18/h1-31H;1-16H;1-15,26-27H. The molecule has 4 heterocycles. The topological polar surface area (TPSA) is 169 Å². The van der Waals surface area contributed by atoms with E-state index in [1.165, 1.54) is 0 Å². The van der Waals surface area contributed by atoms with Gasteiger partial charge in [0.25, 0.3) is 0 Å². The van der Waals surface area contributed by atoms with E-state index in [0.717, 1.165) is 127 Å². The van der Waals surface area contributed by atoms with Crippen LogP contribution in [0.25, 0.3) is 169 Å². The molecule has 4 aromatic heterocycles. The normalized spacial score (nSPS) is 10.9. The maximum absolute atomic E-state index is 9.30. The summed E-state index contributed by atoms with van der Waals surface area (Å²) in [6.45, 7) is 0. The predicted octanol–water partition coefficient (Wildman–Crippen LogP) is 21.4. The van der Waals surface area contributed by atoms with Crippen molar-refractivity contribution in [2.24, 2.45) is 0 Å². The molecular formula is C94H64BBrN10O2. The summed E-state index contributed by atoms with van der Waals surface area (Å²) in [6.07, 6.45) is 0. The quantitative estimate of drug-likeness (QED) is 0.0990.